The first-order valence-electron chi connectivity index (χ1n) is 7.97. The van der Waals surface area contributed by atoms with Crippen molar-refractivity contribution in [3.8, 4) is 0 Å². The molecule has 1 aliphatic rings. The van der Waals surface area contributed by atoms with E-state index in [2.05, 4.69) is 75.4 Å². The summed E-state index contributed by atoms with van der Waals surface area (Å²) in [5, 5.41) is 3.77. The Hall–Kier alpha value is -0.670. The predicted molar refractivity (Wildman–Crippen MR) is 95.4 cm³/mol. The van der Waals surface area contributed by atoms with Crippen molar-refractivity contribution in [2.45, 2.75) is 51.6 Å². The molecule has 1 aromatic rings. The van der Waals surface area contributed by atoms with Crippen molar-refractivity contribution in [2.75, 3.05) is 24.2 Å². The highest BCUT2D eigenvalue weighted by Crippen LogP contribution is 2.30. The molecule has 0 amide bonds. The van der Waals surface area contributed by atoms with Crippen LogP contribution in [0.3, 0.4) is 0 Å². The fourth-order valence-corrected chi connectivity index (χ4v) is 3.42. The van der Waals surface area contributed by atoms with Crippen LogP contribution >= 0.6 is 11.8 Å². The maximum atomic E-state index is 3.77. The molecule has 2 atom stereocenters. The highest BCUT2D eigenvalue weighted by molar-refractivity contribution is 7.98. The number of rotatable bonds is 3. The average Bonchev–Trinajstić information content (AvgIpc) is 2.45. The van der Waals surface area contributed by atoms with Gasteiger partial charge in [0, 0.05) is 35.8 Å². The highest BCUT2D eigenvalue weighted by Gasteiger charge is 2.35. The molecule has 21 heavy (non-hydrogen) atoms. The van der Waals surface area contributed by atoms with Gasteiger partial charge < -0.3 is 10.2 Å². The van der Waals surface area contributed by atoms with Gasteiger partial charge in [0.05, 0.1) is 0 Å². The van der Waals surface area contributed by atoms with Gasteiger partial charge in [-0.2, -0.15) is 0 Å². The van der Waals surface area contributed by atoms with Crippen molar-refractivity contribution in [1.82, 2.24) is 5.32 Å². The van der Waals surface area contributed by atoms with E-state index < -0.39 is 0 Å². The van der Waals surface area contributed by atoms with Gasteiger partial charge in [0.2, 0.25) is 0 Å². The third kappa shape index (κ3) is 3.95. The van der Waals surface area contributed by atoms with Crippen LogP contribution in [0.2, 0.25) is 0 Å². The van der Waals surface area contributed by atoms with Crippen LogP contribution in [0.25, 0.3) is 0 Å². The van der Waals surface area contributed by atoms with Crippen LogP contribution in [0, 0.1) is 11.3 Å². The van der Waals surface area contributed by atoms with Crippen LogP contribution < -0.4 is 10.2 Å². The third-order valence-corrected chi connectivity index (χ3v) is 5.32. The Kier molecular flexibility index (Phi) is 5.26. The Morgan fingerprint density at radius 3 is 2.29 bits per heavy atom. The van der Waals surface area contributed by atoms with E-state index in [0.717, 1.165) is 13.1 Å². The molecule has 1 aromatic carbocycles. The van der Waals surface area contributed by atoms with E-state index in [0.29, 0.717) is 23.4 Å². The summed E-state index contributed by atoms with van der Waals surface area (Å²) >= 11 is 1.81. The van der Waals surface area contributed by atoms with Crippen LogP contribution in [0.4, 0.5) is 5.69 Å². The number of thioether (sulfide) groups is 1. The van der Waals surface area contributed by atoms with Gasteiger partial charge in [0.25, 0.3) is 0 Å². The summed E-state index contributed by atoms with van der Waals surface area (Å²) in [4.78, 5) is 3.95. The number of hydrogen-bond donors (Lipinski definition) is 1. The van der Waals surface area contributed by atoms with E-state index in [-0.39, 0.29) is 0 Å². The van der Waals surface area contributed by atoms with Gasteiger partial charge in [0.15, 0.2) is 0 Å². The zero-order valence-corrected chi connectivity index (χ0v) is 15.1. The topological polar surface area (TPSA) is 15.3 Å². The summed E-state index contributed by atoms with van der Waals surface area (Å²) in [5.41, 5.74) is 1.65. The van der Waals surface area contributed by atoms with E-state index in [4.69, 9.17) is 0 Å². The smallest absolute Gasteiger partial charge is 0.0438 e. The van der Waals surface area contributed by atoms with Gasteiger partial charge in [0.1, 0.15) is 0 Å². The third-order valence-electron chi connectivity index (χ3n) is 4.57. The van der Waals surface area contributed by atoms with Crippen LogP contribution in [0.5, 0.6) is 0 Å². The molecule has 0 aliphatic carbocycles. The van der Waals surface area contributed by atoms with Gasteiger partial charge in [-0.05, 0) is 41.9 Å². The Labute approximate surface area is 134 Å². The predicted octanol–water partition coefficient (Wildman–Crippen LogP) is 4.26. The molecule has 3 heteroatoms. The largest absolute Gasteiger partial charge is 0.365 e. The van der Waals surface area contributed by atoms with Crippen LogP contribution in [-0.2, 0) is 0 Å². The molecule has 1 fully saturated rings. The minimum Gasteiger partial charge on any atom is -0.365 e. The second-order valence-electron chi connectivity index (χ2n) is 7.49. The Morgan fingerprint density at radius 2 is 1.81 bits per heavy atom. The first-order chi connectivity index (χ1) is 9.82. The molecule has 0 radical (unpaired) electrons. The average molecular weight is 307 g/mol. The monoisotopic (exact) mass is 306 g/mol. The molecular weight excluding hydrogens is 276 g/mol. The number of benzene rings is 1. The fourth-order valence-electron chi connectivity index (χ4n) is 3.02. The maximum Gasteiger partial charge on any atom is 0.0438 e. The van der Waals surface area contributed by atoms with Crippen LogP contribution in [0.15, 0.2) is 29.2 Å². The van der Waals surface area contributed by atoms with E-state index >= 15 is 0 Å². The Balaban J connectivity index is 2.24. The lowest BCUT2D eigenvalue weighted by Gasteiger charge is -2.47. The van der Waals surface area contributed by atoms with E-state index in [1.807, 2.05) is 0 Å². The molecule has 1 aliphatic heterocycles. The minimum absolute atomic E-state index is 0.291. The molecule has 0 bridgehead atoms. The van der Waals surface area contributed by atoms with Crippen molar-refractivity contribution in [3.05, 3.63) is 24.3 Å². The zero-order valence-electron chi connectivity index (χ0n) is 14.3. The fraction of sp³-hybridized carbons (Fsp3) is 0.667. The lowest BCUT2D eigenvalue weighted by atomic mass is 9.83. The lowest BCUT2D eigenvalue weighted by molar-refractivity contribution is 0.221. The highest BCUT2D eigenvalue weighted by atomic mass is 32.2. The summed E-state index contributed by atoms with van der Waals surface area (Å²) in [6.07, 6.45) is 2.13. The summed E-state index contributed by atoms with van der Waals surface area (Å²) in [6, 6.07) is 10.2. The minimum atomic E-state index is 0.291. The molecule has 0 spiro atoms. The lowest BCUT2D eigenvalue weighted by Crippen LogP contribution is -2.62. The van der Waals surface area contributed by atoms with Gasteiger partial charge in [-0.15, -0.1) is 11.8 Å². The van der Waals surface area contributed by atoms with E-state index in [1.54, 1.807) is 11.8 Å². The normalized spacial score (nSPS) is 23.7. The molecule has 1 saturated heterocycles. The maximum absolute atomic E-state index is 3.77. The standard InChI is InChI=1S/C18H30N2S/c1-13(2)16-11-19-17(18(3,4)5)12-20(16)14-7-9-15(21-6)10-8-14/h7-10,13,16-17,19H,11-12H2,1-6H3. The summed E-state index contributed by atoms with van der Waals surface area (Å²) in [6.45, 7) is 13.8. The van der Waals surface area contributed by atoms with Gasteiger partial charge in [-0.3, -0.25) is 0 Å². The van der Waals surface area contributed by atoms with E-state index in [9.17, 15) is 0 Å². The number of nitrogens with zero attached hydrogens (tertiary/aromatic N) is 1. The molecule has 118 valence electrons. The Bertz CT molecular complexity index is 447. The first kappa shape index (κ1) is 16.7. The number of nitrogens with one attached hydrogen (secondary N) is 1. The Morgan fingerprint density at radius 1 is 1.19 bits per heavy atom. The number of hydrogen-bond acceptors (Lipinski definition) is 3. The van der Waals surface area contributed by atoms with Gasteiger partial charge >= 0.3 is 0 Å². The quantitative estimate of drug-likeness (QED) is 0.840. The van der Waals surface area contributed by atoms with Crippen molar-refractivity contribution in [2.24, 2.45) is 11.3 Å². The molecule has 1 heterocycles. The van der Waals surface area contributed by atoms with Crippen LogP contribution in [0.1, 0.15) is 34.6 Å². The molecule has 1 N–H and O–H groups in total. The first-order valence-corrected chi connectivity index (χ1v) is 9.19. The van der Waals surface area contributed by atoms with Crippen molar-refractivity contribution < 1.29 is 0 Å². The SMILES string of the molecule is CSc1ccc(N2CC(C(C)(C)C)NCC2C(C)C)cc1. The van der Waals surface area contributed by atoms with Gasteiger partial charge in [-0.1, -0.05) is 34.6 Å². The van der Waals surface area contributed by atoms with Crippen molar-refractivity contribution >= 4 is 17.4 Å². The summed E-state index contributed by atoms with van der Waals surface area (Å²) < 4.78 is 0. The second-order valence-corrected chi connectivity index (χ2v) is 8.37. The summed E-state index contributed by atoms with van der Waals surface area (Å²) in [5.74, 6) is 0.652. The van der Waals surface area contributed by atoms with E-state index in [1.165, 1.54) is 10.6 Å². The molecule has 2 nitrogen and oxygen atoms in total. The number of piperazine rings is 1. The summed E-state index contributed by atoms with van der Waals surface area (Å²) in [7, 11) is 0. The van der Waals surface area contributed by atoms with Gasteiger partial charge in [-0.25, -0.2) is 0 Å². The molecule has 2 rings (SSSR count). The van der Waals surface area contributed by atoms with Crippen molar-refractivity contribution in [3.63, 3.8) is 0 Å². The molecule has 0 saturated carbocycles. The molecule has 2 unspecified atom stereocenters. The molecule has 0 aromatic heterocycles. The number of anilines is 1. The van der Waals surface area contributed by atoms with Crippen molar-refractivity contribution in [1.29, 1.82) is 0 Å². The molecular formula is C18H30N2S. The zero-order chi connectivity index (χ0) is 15.6. The second kappa shape index (κ2) is 6.62. The van der Waals surface area contributed by atoms with Crippen LogP contribution in [-0.4, -0.2) is 31.4 Å².